The Bertz CT molecular complexity index is 2010. The number of para-hydroxylation sites is 1. The predicted octanol–water partition coefficient (Wildman–Crippen LogP) is 12.1. The fraction of sp³-hybridized carbons (Fsp3) is 0.273. The molecular formula is C44H47N3O. The number of phenols is 1. The molecule has 0 saturated carbocycles. The molecule has 0 amide bonds. The highest BCUT2D eigenvalue weighted by atomic mass is 16.3. The summed E-state index contributed by atoms with van der Waals surface area (Å²) in [5.74, 6) is 2.71. The number of pyridine rings is 1. The van der Waals surface area contributed by atoms with Crippen LogP contribution in [0.25, 0.3) is 50.7 Å². The van der Waals surface area contributed by atoms with E-state index >= 15 is 0 Å². The van der Waals surface area contributed by atoms with Gasteiger partial charge in [0, 0.05) is 29.1 Å². The first-order valence-corrected chi connectivity index (χ1v) is 17.2. The largest absolute Gasteiger partial charge is 0.507 e. The standard InChI is InChI=1S/C44H47N3O/c1-27(2)34-23-35(28(3)4)25-36(24-34)31-18-19-42(48)39(26-31)41-17-11-16-40(46-41)32-12-9-13-33(22-32)44-45-20-21-47(44)43-37(29(5)6)14-10-15-38(43)30(7)8/h9-30,48H,1-8H3. The maximum Gasteiger partial charge on any atom is 0.144 e. The highest BCUT2D eigenvalue weighted by molar-refractivity contribution is 5.78. The van der Waals surface area contributed by atoms with Crippen molar-refractivity contribution in [1.82, 2.24) is 14.5 Å². The number of aromatic hydroxyl groups is 1. The summed E-state index contributed by atoms with van der Waals surface area (Å²) >= 11 is 0. The predicted molar refractivity (Wildman–Crippen MR) is 201 cm³/mol. The van der Waals surface area contributed by atoms with Crippen molar-refractivity contribution in [1.29, 1.82) is 0 Å². The van der Waals surface area contributed by atoms with Crippen LogP contribution in [0.1, 0.15) is 101 Å². The first kappa shape index (κ1) is 33.0. The second-order valence-electron chi connectivity index (χ2n) is 14.1. The van der Waals surface area contributed by atoms with Crippen molar-refractivity contribution in [3.63, 3.8) is 0 Å². The van der Waals surface area contributed by atoms with Crippen molar-refractivity contribution in [3.8, 4) is 56.5 Å². The number of imidazole rings is 1. The molecule has 0 aliphatic heterocycles. The zero-order valence-corrected chi connectivity index (χ0v) is 29.5. The molecule has 1 N–H and O–H groups in total. The first-order chi connectivity index (χ1) is 23.0. The second-order valence-corrected chi connectivity index (χ2v) is 14.1. The lowest BCUT2D eigenvalue weighted by atomic mass is 9.90. The number of hydrogen-bond donors (Lipinski definition) is 1. The van der Waals surface area contributed by atoms with E-state index in [1.165, 1.54) is 27.9 Å². The second kappa shape index (κ2) is 13.6. The monoisotopic (exact) mass is 633 g/mol. The van der Waals surface area contributed by atoms with Crippen molar-refractivity contribution in [3.05, 3.63) is 132 Å². The minimum absolute atomic E-state index is 0.216. The van der Waals surface area contributed by atoms with Gasteiger partial charge in [0.05, 0.1) is 17.1 Å². The molecular weight excluding hydrogens is 587 g/mol. The summed E-state index contributed by atoms with van der Waals surface area (Å²) in [5, 5.41) is 11.1. The average molecular weight is 634 g/mol. The molecule has 48 heavy (non-hydrogen) atoms. The number of hydrogen-bond acceptors (Lipinski definition) is 3. The number of phenolic OH excluding ortho intramolecular Hbond substituents is 1. The van der Waals surface area contributed by atoms with Crippen LogP contribution in [0.4, 0.5) is 0 Å². The van der Waals surface area contributed by atoms with Gasteiger partial charge in [-0.05, 0) is 87.4 Å². The quantitative estimate of drug-likeness (QED) is 0.172. The van der Waals surface area contributed by atoms with Crippen LogP contribution in [0, 0.1) is 0 Å². The average Bonchev–Trinajstić information content (AvgIpc) is 3.58. The van der Waals surface area contributed by atoms with E-state index in [0.29, 0.717) is 29.2 Å². The lowest BCUT2D eigenvalue weighted by Gasteiger charge is -2.22. The molecule has 0 bridgehead atoms. The smallest absolute Gasteiger partial charge is 0.144 e. The van der Waals surface area contributed by atoms with Crippen LogP contribution in [0.15, 0.2) is 109 Å². The third kappa shape index (κ3) is 6.57. The summed E-state index contributed by atoms with van der Waals surface area (Å²) in [6.07, 6.45) is 3.96. The van der Waals surface area contributed by atoms with E-state index < -0.39 is 0 Å². The lowest BCUT2D eigenvalue weighted by Crippen LogP contribution is -2.07. The molecule has 2 aromatic heterocycles. The molecule has 4 aromatic carbocycles. The number of nitrogens with zero attached hydrogens (tertiary/aromatic N) is 3. The van der Waals surface area contributed by atoms with Crippen LogP contribution in [-0.2, 0) is 0 Å². The Labute approximate surface area is 286 Å². The van der Waals surface area contributed by atoms with Crippen LogP contribution in [0.2, 0.25) is 0 Å². The molecule has 4 heteroatoms. The third-order valence-electron chi connectivity index (χ3n) is 9.31. The van der Waals surface area contributed by atoms with Crippen LogP contribution in [0.3, 0.4) is 0 Å². The van der Waals surface area contributed by atoms with Gasteiger partial charge in [-0.2, -0.15) is 0 Å². The van der Waals surface area contributed by atoms with Gasteiger partial charge in [-0.15, -0.1) is 0 Å². The van der Waals surface area contributed by atoms with E-state index in [2.05, 4.69) is 133 Å². The minimum atomic E-state index is 0.216. The molecule has 0 aliphatic carbocycles. The van der Waals surface area contributed by atoms with Gasteiger partial charge in [0.25, 0.3) is 0 Å². The maximum atomic E-state index is 11.1. The van der Waals surface area contributed by atoms with Crippen molar-refractivity contribution >= 4 is 0 Å². The van der Waals surface area contributed by atoms with Crippen LogP contribution in [0.5, 0.6) is 5.75 Å². The summed E-state index contributed by atoms with van der Waals surface area (Å²) in [7, 11) is 0. The zero-order chi connectivity index (χ0) is 34.1. The van der Waals surface area contributed by atoms with Crippen molar-refractivity contribution < 1.29 is 5.11 Å². The SMILES string of the molecule is CC(C)c1cc(-c2ccc(O)c(-c3cccc(-c4cccc(-c5nccn5-c5c(C(C)C)cccc5C(C)C)c4)n3)c2)cc(C(C)C)c1. The van der Waals surface area contributed by atoms with Crippen LogP contribution >= 0.6 is 0 Å². The Morgan fingerprint density at radius 3 is 1.79 bits per heavy atom. The van der Waals surface area contributed by atoms with Gasteiger partial charge < -0.3 is 5.11 Å². The number of benzene rings is 4. The van der Waals surface area contributed by atoms with Crippen molar-refractivity contribution in [2.24, 2.45) is 0 Å². The van der Waals surface area contributed by atoms with Crippen LogP contribution in [-0.4, -0.2) is 19.6 Å². The molecule has 2 heterocycles. The van der Waals surface area contributed by atoms with E-state index in [1.807, 2.05) is 30.5 Å². The Morgan fingerprint density at radius 2 is 1.15 bits per heavy atom. The van der Waals surface area contributed by atoms with Gasteiger partial charge in [0.1, 0.15) is 11.6 Å². The Morgan fingerprint density at radius 1 is 0.542 bits per heavy atom. The molecule has 0 saturated heterocycles. The summed E-state index contributed by atoms with van der Waals surface area (Å²) in [6.45, 7) is 17.9. The third-order valence-corrected chi connectivity index (χ3v) is 9.31. The van der Waals surface area contributed by atoms with Gasteiger partial charge in [0.15, 0.2) is 0 Å². The molecule has 0 aliphatic rings. The number of aromatic nitrogens is 3. The Kier molecular flexibility index (Phi) is 9.37. The summed E-state index contributed by atoms with van der Waals surface area (Å²) < 4.78 is 2.25. The molecule has 6 rings (SSSR count). The lowest BCUT2D eigenvalue weighted by molar-refractivity contribution is 0.477. The highest BCUT2D eigenvalue weighted by Crippen LogP contribution is 2.37. The molecule has 0 spiro atoms. The molecule has 0 fully saturated rings. The molecule has 0 radical (unpaired) electrons. The summed E-state index contributed by atoms with van der Waals surface area (Å²) in [6, 6.07) is 33.8. The maximum absolute atomic E-state index is 11.1. The van der Waals surface area contributed by atoms with Crippen LogP contribution < -0.4 is 0 Å². The van der Waals surface area contributed by atoms with E-state index in [0.717, 1.165) is 39.5 Å². The topological polar surface area (TPSA) is 50.9 Å². The van der Waals surface area contributed by atoms with Gasteiger partial charge in [-0.3, -0.25) is 4.57 Å². The Hall–Kier alpha value is -4.96. The highest BCUT2D eigenvalue weighted by Gasteiger charge is 2.19. The fourth-order valence-electron chi connectivity index (χ4n) is 6.48. The molecule has 4 nitrogen and oxygen atoms in total. The van der Waals surface area contributed by atoms with Gasteiger partial charge in [-0.25, -0.2) is 9.97 Å². The Balaban J connectivity index is 1.40. The first-order valence-electron chi connectivity index (χ1n) is 17.2. The molecule has 0 atom stereocenters. The van der Waals surface area contributed by atoms with Gasteiger partial charge in [0.2, 0.25) is 0 Å². The number of rotatable bonds is 9. The van der Waals surface area contributed by atoms with Gasteiger partial charge >= 0.3 is 0 Å². The summed E-state index contributed by atoms with van der Waals surface area (Å²) in [4.78, 5) is 9.95. The van der Waals surface area contributed by atoms with E-state index in [4.69, 9.17) is 9.97 Å². The fourth-order valence-corrected chi connectivity index (χ4v) is 6.48. The van der Waals surface area contributed by atoms with Crippen molar-refractivity contribution in [2.75, 3.05) is 0 Å². The zero-order valence-electron chi connectivity index (χ0n) is 29.5. The van der Waals surface area contributed by atoms with E-state index in [1.54, 1.807) is 6.07 Å². The van der Waals surface area contributed by atoms with E-state index in [-0.39, 0.29) is 5.75 Å². The summed E-state index contributed by atoms with van der Waals surface area (Å²) in [5.41, 5.74) is 13.0. The van der Waals surface area contributed by atoms with Gasteiger partial charge in [-0.1, -0.05) is 122 Å². The molecule has 0 unspecified atom stereocenters. The normalized spacial score (nSPS) is 11.8. The molecule has 244 valence electrons. The molecule has 6 aromatic rings. The van der Waals surface area contributed by atoms with Crippen molar-refractivity contribution in [2.45, 2.75) is 79.1 Å². The van der Waals surface area contributed by atoms with E-state index in [9.17, 15) is 5.11 Å². The minimum Gasteiger partial charge on any atom is -0.507 e.